The Bertz CT molecular complexity index is 560. The van der Waals surface area contributed by atoms with Gasteiger partial charge < -0.3 is 5.73 Å². The normalized spacial score (nSPS) is 12.4. The minimum Gasteiger partial charge on any atom is -0.383 e. The summed E-state index contributed by atoms with van der Waals surface area (Å²) in [6, 6.07) is 6.42. The number of nitrogens with two attached hydrogens (primary N) is 2. The molecule has 1 atom stereocenters. The van der Waals surface area contributed by atoms with Crippen molar-refractivity contribution in [1.82, 2.24) is 10.4 Å². The molecule has 0 amide bonds. The molecule has 0 spiro atoms. The molecule has 0 bridgehead atoms. The maximum Gasteiger partial charge on any atom is 0.159 e. The summed E-state index contributed by atoms with van der Waals surface area (Å²) < 4.78 is 26.1. The van der Waals surface area contributed by atoms with E-state index in [1.54, 1.807) is 12.1 Å². The summed E-state index contributed by atoms with van der Waals surface area (Å²) in [4.78, 5) is 3.93. The molecular formula is C12H12F2N4. The lowest BCUT2D eigenvalue weighted by molar-refractivity contribution is 0.504. The zero-order valence-corrected chi connectivity index (χ0v) is 9.40. The van der Waals surface area contributed by atoms with Gasteiger partial charge in [0.25, 0.3) is 0 Å². The van der Waals surface area contributed by atoms with Crippen molar-refractivity contribution in [3.63, 3.8) is 0 Å². The molecule has 2 aromatic rings. The second kappa shape index (κ2) is 5.07. The Morgan fingerprint density at radius 3 is 2.56 bits per heavy atom. The summed E-state index contributed by atoms with van der Waals surface area (Å²) in [6.45, 7) is 0. The van der Waals surface area contributed by atoms with Crippen LogP contribution in [0.4, 0.5) is 14.6 Å². The van der Waals surface area contributed by atoms with Crippen LogP contribution in [-0.2, 0) is 0 Å². The third-order valence-electron chi connectivity index (χ3n) is 2.63. The van der Waals surface area contributed by atoms with Gasteiger partial charge in [-0.1, -0.05) is 12.1 Å². The van der Waals surface area contributed by atoms with Gasteiger partial charge in [-0.3, -0.25) is 5.84 Å². The average molecular weight is 250 g/mol. The number of aromatic nitrogens is 1. The van der Waals surface area contributed by atoms with E-state index in [-0.39, 0.29) is 5.82 Å². The summed E-state index contributed by atoms with van der Waals surface area (Å²) in [6.07, 6.45) is 1.54. The van der Waals surface area contributed by atoms with E-state index in [1.165, 1.54) is 12.3 Å². The first-order valence-electron chi connectivity index (χ1n) is 5.25. The van der Waals surface area contributed by atoms with Crippen molar-refractivity contribution in [2.75, 3.05) is 5.73 Å². The second-order valence-electron chi connectivity index (χ2n) is 3.75. The maximum absolute atomic E-state index is 13.2. The van der Waals surface area contributed by atoms with Crippen molar-refractivity contribution in [3.05, 3.63) is 59.3 Å². The summed E-state index contributed by atoms with van der Waals surface area (Å²) in [5, 5.41) is 0. The number of anilines is 1. The first-order chi connectivity index (χ1) is 8.63. The number of nitrogens with zero attached hydrogens (tertiary/aromatic N) is 1. The highest BCUT2D eigenvalue weighted by atomic mass is 19.2. The van der Waals surface area contributed by atoms with Crippen LogP contribution in [0.1, 0.15) is 17.2 Å². The van der Waals surface area contributed by atoms with Crippen molar-refractivity contribution in [1.29, 1.82) is 0 Å². The number of halogens is 2. The topological polar surface area (TPSA) is 77.0 Å². The van der Waals surface area contributed by atoms with Gasteiger partial charge in [-0.15, -0.1) is 0 Å². The van der Waals surface area contributed by atoms with Crippen LogP contribution in [0.25, 0.3) is 0 Å². The van der Waals surface area contributed by atoms with Crippen LogP contribution in [0.3, 0.4) is 0 Å². The zero-order chi connectivity index (χ0) is 13.1. The fourth-order valence-electron chi connectivity index (χ4n) is 1.73. The van der Waals surface area contributed by atoms with Gasteiger partial charge in [-0.25, -0.2) is 19.2 Å². The molecule has 0 saturated carbocycles. The molecule has 18 heavy (non-hydrogen) atoms. The predicted molar refractivity (Wildman–Crippen MR) is 64.2 cm³/mol. The van der Waals surface area contributed by atoms with Gasteiger partial charge in [0.1, 0.15) is 5.82 Å². The Morgan fingerprint density at radius 1 is 1.17 bits per heavy atom. The van der Waals surface area contributed by atoms with Crippen LogP contribution < -0.4 is 17.0 Å². The Kier molecular flexibility index (Phi) is 3.50. The molecule has 94 valence electrons. The number of hydrogen-bond donors (Lipinski definition) is 3. The van der Waals surface area contributed by atoms with Crippen LogP contribution in [-0.4, -0.2) is 4.98 Å². The molecule has 1 aromatic heterocycles. The number of nitrogens with one attached hydrogen (secondary N) is 1. The Hall–Kier alpha value is -2.05. The molecule has 5 N–H and O–H groups in total. The van der Waals surface area contributed by atoms with Gasteiger partial charge in [-0.2, -0.15) is 0 Å². The number of pyridine rings is 1. The maximum atomic E-state index is 13.2. The fourth-order valence-corrected chi connectivity index (χ4v) is 1.73. The number of rotatable bonds is 3. The first kappa shape index (κ1) is 12.4. The Labute approximate surface area is 103 Å². The van der Waals surface area contributed by atoms with Crippen LogP contribution in [0.15, 0.2) is 36.5 Å². The summed E-state index contributed by atoms with van der Waals surface area (Å²) in [5.74, 6) is 3.88. The number of hydrogen-bond acceptors (Lipinski definition) is 4. The Balaban J connectivity index is 2.45. The third kappa shape index (κ3) is 2.29. The standard InChI is InChI=1S/C12H12F2N4/c13-9-4-3-7(6-10(9)14)11(18-16)8-2-1-5-17-12(8)15/h1-6,11,18H,16H2,(H2,15,17). The molecule has 0 aliphatic carbocycles. The number of nitrogen functional groups attached to an aromatic ring is 1. The molecule has 0 saturated heterocycles. The highest BCUT2D eigenvalue weighted by Gasteiger charge is 2.17. The molecule has 0 aliphatic rings. The van der Waals surface area contributed by atoms with Gasteiger partial charge in [0.05, 0.1) is 6.04 Å². The molecule has 0 radical (unpaired) electrons. The Morgan fingerprint density at radius 2 is 1.94 bits per heavy atom. The van der Waals surface area contributed by atoms with E-state index in [0.717, 1.165) is 12.1 Å². The molecule has 6 heteroatoms. The molecule has 1 unspecified atom stereocenters. The lowest BCUT2D eigenvalue weighted by atomic mass is 10.00. The molecule has 0 aliphatic heterocycles. The monoisotopic (exact) mass is 250 g/mol. The van der Waals surface area contributed by atoms with E-state index in [0.29, 0.717) is 11.1 Å². The van der Waals surface area contributed by atoms with Crippen LogP contribution in [0.2, 0.25) is 0 Å². The quantitative estimate of drug-likeness (QED) is 0.570. The summed E-state index contributed by atoms with van der Waals surface area (Å²) >= 11 is 0. The van der Waals surface area contributed by atoms with Gasteiger partial charge in [0, 0.05) is 11.8 Å². The SMILES string of the molecule is NNC(c1ccc(F)c(F)c1)c1cccnc1N. The van der Waals surface area contributed by atoms with Crippen molar-refractivity contribution in [2.24, 2.45) is 5.84 Å². The molecule has 1 aromatic carbocycles. The van der Waals surface area contributed by atoms with Crippen LogP contribution >= 0.6 is 0 Å². The van der Waals surface area contributed by atoms with Crippen molar-refractivity contribution < 1.29 is 8.78 Å². The highest BCUT2D eigenvalue weighted by molar-refractivity contribution is 5.45. The van der Waals surface area contributed by atoms with E-state index in [9.17, 15) is 8.78 Å². The third-order valence-corrected chi connectivity index (χ3v) is 2.63. The van der Waals surface area contributed by atoms with Crippen molar-refractivity contribution in [3.8, 4) is 0 Å². The molecule has 2 rings (SSSR count). The molecular weight excluding hydrogens is 238 g/mol. The van der Waals surface area contributed by atoms with Crippen molar-refractivity contribution >= 4 is 5.82 Å². The van der Waals surface area contributed by atoms with E-state index in [1.807, 2.05) is 0 Å². The van der Waals surface area contributed by atoms with Gasteiger partial charge in [0.15, 0.2) is 11.6 Å². The predicted octanol–water partition coefficient (Wildman–Crippen LogP) is 1.49. The number of hydrazine groups is 1. The molecule has 4 nitrogen and oxygen atoms in total. The van der Waals surface area contributed by atoms with Gasteiger partial charge in [0.2, 0.25) is 0 Å². The fraction of sp³-hybridized carbons (Fsp3) is 0.0833. The first-order valence-corrected chi connectivity index (χ1v) is 5.25. The smallest absolute Gasteiger partial charge is 0.159 e. The van der Waals surface area contributed by atoms with E-state index in [2.05, 4.69) is 10.4 Å². The second-order valence-corrected chi connectivity index (χ2v) is 3.75. The van der Waals surface area contributed by atoms with Gasteiger partial charge in [-0.05, 0) is 23.8 Å². The average Bonchev–Trinajstić information content (AvgIpc) is 2.37. The summed E-state index contributed by atoms with van der Waals surface area (Å²) in [7, 11) is 0. The molecule has 1 heterocycles. The minimum absolute atomic E-state index is 0.283. The zero-order valence-electron chi connectivity index (χ0n) is 9.40. The lowest BCUT2D eigenvalue weighted by Gasteiger charge is -2.18. The van der Waals surface area contributed by atoms with E-state index >= 15 is 0 Å². The van der Waals surface area contributed by atoms with Gasteiger partial charge >= 0.3 is 0 Å². The van der Waals surface area contributed by atoms with E-state index in [4.69, 9.17) is 11.6 Å². The van der Waals surface area contributed by atoms with Crippen LogP contribution in [0, 0.1) is 11.6 Å². The lowest BCUT2D eigenvalue weighted by Crippen LogP contribution is -2.29. The van der Waals surface area contributed by atoms with Crippen LogP contribution in [0.5, 0.6) is 0 Å². The highest BCUT2D eigenvalue weighted by Crippen LogP contribution is 2.25. The number of benzene rings is 1. The molecule has 0 fully saturated rings. The van der Waals surface area contributed by atoms with E-state index < -0.39 is 17.7 Å². The largest absolute Gasteiger partial charge is 0.383 e. The van der Waals surface area contributed by atoms with Crippen molar-refractivity contribution in [2.45, 2.75) is 6.04 Å². The summed E-state index contributed by atoms with van der Waals surface area (Å²) in [5.41, 5.74) is 9.31. The minimum atomic E-state index is -0.935.